The summed E-state index contributed by atoms with van der Waals surface area (Å²) in [7, 11) is 0. The third-order valence-corrected chi connectivity index (χ3v) is 5.82. The maximum absolute atomic E-state index is 12.9. The average Bonchev–Trinajstić information content (AvgIpc) is 3.48. The highest BCUT2D eigenvalue weighted by molar-refractivity contribution is 5.52. The lowest BCUT2D eigenvalue weighted by Crippen LogP contribution is -2.04. The van der Waals surface area contributed by atoms with Crippen molar-refractivity contribution in [2.75, 3.05) is 0 Å². The van der Waals surface area contributed by atoms with Crippen molar-refractivity contribution in [1.29, 1.82) is 0 Å². The molecule has 31 heavy (non-hydrogen) atoms. The fourth-order valence-corrected chi connectivity index (χ4v) is 4.20. The highest BCUT2D eigenvalue weighted by Crippen LogP contribution is 2.66. The van der Waals surface area contributed by atoms with Gasteiger partial charge in [-0.25, -0.2) is 0 Å². The molecule has 3 aromatic rings. The van der Waals surface area contributed by atoms with E-state index in [1.807, 2.05) is 24.3 Å². The molecule has 2 unspecified atom stereocenters. The molecule has 0 bridgehead atoms. The molecule has 4 rings (SSSR count). The zero-order chi connectivity index (χ0) is 22.4. The van der Waals surface area contributed by atoms with E-state index < -0.39 is 23.5 Å². The molecule has 1 aliphatic carbocycles. The van der Waals surface area contributed by atoms with Crippen LogP contribution >= 0.6 is 0 Å². The highest BCUT2D eigenvalue weighted by atomic mass is 19.4. The van der Waals surface area contributed by atoms with Crippen molar-refractivity contribution in [3.05, 3.63) is 113 Å². The Bertz CT molecular complexity index is 994. The molecule has 6 heteroatoms. The Morgan fingerprint density at radius 2 is 0.806 bits per heavy atom. The van der Waals surface area contributed by atoms with E-state index in [1.165, 1.54) is 24.3 Å². The van der Waals surface area contributed by atoms with Crippen LogP contribution in [0.4, 0.5) is 26.3 Å². The minimum absolute atomic E-state index is 0.0349. The molecule has 1 fully saturated rings. The Kier molecular flexibility index (Phi) is 5.20. The Hall–Kier alpha value is -3.02. The van der Waals surface area contributed by atoms with Crippen LogP contribution in [-0.4, -0.2) is 0 Å². The number of rotatable bonds is 4. The van der Waals surface area contributed by atoms with Crippen LogP contribution in [0.5, 0.6) is 0 Å². The van der Waals surface area contributed by atoms with Crippen LogP contribution in [0.1, 0.15) is 51.1 Å². The Morgan fingerprint density at radius 3 is 1.06 bits per heavy atom. The number of hydrogen-bond donors (Lipinski definition) is 0. The van der Waals surface area contributed by atoms with Gasteiger partial charge in [0.1, 0.15) is 0 Å². The molecule has 0 radical (unpaired) electrons. The molecule has 0 amide bonds. The minimum atomic E-state index is -4.42. The first kappa shape index (κ1) is 21.2. The predicted octanol–water partition coefficient (Wildman–Crippen LogP) is 8.03. The number of hydrogen-bond acceptors (Lipinski definition) is 0. The predicted molar refractivity (Wildman–Crippen MR) is 108 cm³/mol. The zero-order valence-electron chi connectivity index (χ0n) is 16.2. The van der Waals surface area contributed by atoms with Gasteiger partial charge in [0, 0.05) is 0 Å². The van der Waals surface area contributed by atoms with Crippen LogP contribution in [0.3, 0.4) is 0 Å². The number of halogens is 6. The Balaban J connectivity index is 1.69. The van der Waals surface area contributed by atoms with Gasteiger partial charge in [0.05, 0.1) is 11.1 Å². The van der Waals surface area contributed by atoms with E-state index in [-0.39, 0.29) is 17.8 Å². The molecule has 160 valence electrons. The van der Waals surface area contributed by atoms with Crippen molar-refractivity contribution in [1.82, 2.24) is 0 Å². The third-order valence-electron chi connectivity index (χ3n) is 5.82. The summed E-state index contributed by atoms with van der Waals surface area (Å²) in [5.41, 5.74) is 1.93. The topological polar surface area (TPSA) is 0 Å². The molecular formula is C25H18F6. The third kappa shape index (κ3) is 4.24. The summed E-state index contributed by atoms with van der Waals surface area (Å²) in [6.45, 7) is 3.72. The second-order valence-corrected chi connectivity index (χ2v) is 7.69. The first-order chi connectivity index (χ1) is 14.6. The molecular weight excluding hydrogens is 414 g/mol. The van der Waals surface area contributed by atoms with Gasteiger partial charge in [0.2, 0.25) is 0 Å². The second-order valence-electron chi connectivity index (χ2n) is 7.69. The summed E-state index contributed by atoms with van der Waals surface area (Å²) in [5, 5.41) is 0. The van der Waals surface area contributed by atoms with Gasteiger partial charge in [0.25, 0.3) is 0 Å². The van der Waals surface area contributed by atoms with Crippen molar-refractivity contribution in [3.63, 3.8) is 0 Å². The van der Waals surface area contributed by atoms with E-state index in [9.17, 15) is 26.3 Å². The lowest BCUT2D eigenvalue weighted by molar-refractivity contribution is -0.138. The smallest absolute Gasteiger partial charge is 0.166 e. The molecule has 3 aromatic carbocycles. The quantitative estimate of drug-likeness (QED) is 0.366. The monoisotopic (exact) mass is 432 g/mol. The summed E-state index contributed by atoms with van der Waals surface area (Å²) in [5.74, 6) is -0.269. The van der Waals surface area contributed by atoms with Gasteiger partial charge in [0.15, 0.2) is 0 Å². The van der Waals surface area contributed by atoms with Gasteiger partial charge >= 0.3 is 12.4 Å². The summed E-state index contributed by atoms with van der Waals surface area (Å²) >= 11 is 0. The Morgan fingerprint density at radius 1 is 0.516 bits per heavy atom. The average molecular weight is 432 g/mol. The lowest BCUT2D eigenvalue weighted by atomic mass is 10.0. The van der Waals surface area contributed by atoms with Crippen molar-refractivity contribution < 1.29 is 26.3 Å². The number of alkyl halides is 6. The van der Waals surface area contributed by atoms with Gasteiger partial charge in [-0.2, -0.15) is 26.3 Å². The molecule has 0 N–H and O–H groups in total. The maximum atomic E-state index is 12.9. The van der Waals surface area contributed by atoms with Crippen LogP contribution in [0.15, 0.2) is 79.4 Å². The summed E-state index contributed by atoms with van der Waals surface area (Å²) in [6, 6.07) is 17.7. The molecule has 1 saturated carbocycles. The lowest BCUT2D eigenvalue weighted by Gasteiger charge is -2.08. The molecule has 0 saturated heterocycles. The SMILES string of the molecule is C=Cc1ccc(C2C(c3ccc(C(F)(F)F)cc3)C2c2ccc(C(F)(F)F)cc2)cc1. The van der Waals surface area contributed by atoms with Crippen molar-refractivity contribution in [2.45, 2.75) is 30.1 Å². The molecule has 2 atom stereocenters. The molecule has 0 aromatic heterocycles. The first-order valence-corrected chi connectivity index (χ1v) is 9.66. The molecule has 0 heterocycles. The highest BCUT2D eigenvalue weighted by Gasteiger charge is 2.52. The van der Waals surface area contributed by atoms with Gasteiger partial charge in [-0.3, -0.25) is 0 Å². The fraction of sp³-hybridized carbons (Fsp3) is 0.200. The van der Waals surface area contributed by atoms with E-state index in [0.717, 1.165) is 46.5 Å². The van der Waals surface area contributed by atoms with Crippen LogP contribution < -0.4 is 0 Å². The van der Waals surface area contributed by atoms with E-state index in [0.29, 0.717) is 0 Å². The molecule has 0 aliphatic heterocycles. The van der Waals surface area contributed by atoms with Gasteiger partial charge in [-0.15, -0.1) is 0 Å². The Labute approximate surface area is 175 Å². The van der Waals surface area contributed by atoms with Crippen LogP contribution in [0.2, 0.25) is 0 Å². The van der Waals surface area contributed by atoms with Gasteiger partial charge in [-0.1, -0.05) is 61.2 Å². The van der Waals surface area contributed by atoms with Crippen LogP contribution in [0.25, 0.3) is 6.08 Å². The normalized spacial score (nSPS) is 21.0. The maximum Gasteiger partial charge on any atom is 0.416 e. The van der Waals surface area contributed by atoms with Crippen molar-refractivity contribution in [2.24, 2.45) is 0 Å². The zero-order valence-corrected chi connectivity index (χ0v) is 16.2. The van der Waals surface area contributed by atoms with Gasteiger partial charge < -0.3 is 0 Å². The largest absolute Gasteiger partial charge is 0.416 e. The van der Waals surface area contributed by atoms with E-state index >= 15 is 0 Å². The van der Waals surface area contributed by atoms with E-state index in [4.69, 9.17) is 0 Å². The molecule has 1 aliphatic rings. The van der Waals surface area contributed by atoms with E-state index in [2.05, 4.69) is 6.58 Å². The van der Waals surface area contributed by atoms with Crippen LogP contribution in [-0.2, 0) is 12.4 Å². The standard InChI is InChI=1S/C25H18F6/c1-2-15-3-5-16(6-4-15)21-22(17-7-11-19(12-8-17)24(26,27)28)23(21)18-9-13-20(14-10-18)25(29,30)31/h2-14,21-23H,1H2. The molecule has 0 spiro atoms. The fourth-order valence-electron chi connectivity index (χ4n) is 4.20. The summed E-state index contributed by atoms with van der Waals surface area (Å²) < 4.78 is 77.6. The second kappa shape index (κ2) is 7.59. The van der Waals surface area contributed by atoms with E-state index in [1.54, 1.807) is 6.08 Å². The first-order valence-electron chi connectivity index (χ1n) is 9.66. The summed E-state index contributed by atoms with van der Waals surface area (Å²) in [4.78, 5) is 0. The number of benzene rings is 3. The molecule has 0 nitrogen and oxygen atoms in total. The van der Waals surface area contributed by atoms with Crippen LogP contribution in [0, 0.1) is 0 Å². The van der Waals surface area contributed by atoms with Crippen molar-refractivity contribution in [3.8, 4) is 0 Å². The van der Waals surface area contributed by atoms with Crippen molar-refractivity contribution >= 4 is 6.08 Å². The minimum Gasteiger partial charge on any atom is -0.166 e. The summed E-state index contributed by atoms with van der Waals surface area (Å²) in [6.07, 6.45) is -7.14. The van der Waals surface area contributed by atoms with Gasteiger partial charge in [-0.05, 0) is 64.3 Å².